The van der Waals surface area contributed by atoms with Crippen LogP contribution in [-0.2, 0) is 0 Å². The molecule has 1 aromatic carbocycles. The molecule has 1 atom stereocenters. The van der Waals surface area contributed by atoms with E-state index in [1.54, 1.807) is 24.3 Å². The van der Waals surface area contributed by atoms with Gasteiger partial charge in [0.15, 0.2) is 0 Å². The van der Waals surface area contributed by atoms with E-state index < -0.39 is 0 Å². The van der Waals surface area contributed by atoms with E-state index >= 15 is 0 Å². The number of amides is 1. The number of carbonyl (C=O) groups excluding carboxylic acids is 1. The van der Waals surface area contributed by atoms with Crippen LogP contribution in [-0.4, -0.2) is 11.9 Å². The van der Waals surface area contributed by atoms with Gasteiger partial charge in [-0.3, -0.25) is 4.79 Å². The Morgan fingerprint density at radius 2 is 2.13 bits per heavy atom. The molecular weight excluding hydrogens is 206 g/mol. The molecule has 0 saturated carbocycles. The number of carbonyl (C=O) groups is 1. The highest BCUT2D eigenvalue weighted by Gasteiger charge is 2.08. The number of hydrogen-bond donors (Lipinski definition) is 2. The average Bonchev–Trinajstić information content (AvgIpc) is 2.26. The van der Waals surface area contributed by atoms with Gasteiger partial charge in [-0.1, -0.05) is 12.8 Å². The van der Waals surface area contributed by atoms with Gasteiger partial charge in [0.1, 0.15) is 0 Å². The molecule has 1 aromatic rings. The lowest BCUT2D eigenvalue weighted by atomic mass is 10.2. The topological polar surface area (TPSA) is 29.1 Å². The van der Waals surface area contributed by atoms with Gasteiger partial charge in [0, 0.05) is 10.5 Å². The molecular formula is C12H13NOS. The molecule has 0 spiro atoms. The first-order valence-electron chi connectivity index (χ1n) is 4.73. The molecule has 1 N–H and O–H groups in total. The molecule has 0 aliphatic carbocycles. The first kappa shape index (κ1) is 11.7. The SMILES string of the molecule is C#CC(CC)NC(=O)c1ccc(S)cc1. The minimum atomic E-state index is -0.201. The van der Waals surface area contributed by atoms with Gasteiger partial charge < -0.3 is 5.32 Å². The van der Waals surface area contributed by atoms with E-state index in [0.29, 0.717) is 5.56 Å². The third-order valence-electron chi connectivity index (χ3n) is 2.04. The van der Waals surface area contributed by atoms with E-state index in [4.69, 9.17) is 6.42 Å². The Morgan fingerprint density at radius 1 is 1.53 bits per heavy atom. The van der Waals surface area contributed by atoms with Gasteiger partial charge in [-0.2, -0.15) is 0 Å². The van der Waals surface area contributed by atoms with Gasteiger partial charge in [0.25, 0.3) is 5.91 Å². The van der Waals surface area contributed by atoms with E-state index in [1.165, 1.54) is 0 Å². The molecule has 1 unspecified atom stereocenters. The smallest absolute Gasteiger partial charge is 0.252 e. The zero-order chi connectivity index (χ0) is 11.3. The van der Waals surface area contributed by atoms with Crippen molar-refractivity contribution in [1.82, 2.24) is 5.32 Å². The highest BCUT2D eigenvalue weighted by Crippen LogP contribution is 2.07. The highest BCUT2D eigenvalue weighted by atomic mass is 32.1. The number of rotatable bonds is 3. The normalized spacial score (nSPS) is 11.5. The van der Waals surface area contributed by atoms with E-state index in [1.807, 2.05) is 6.92 Å². The van der Waals surface area contributed by atoms with E-state index in [-0.39, 0.29) is 11.9 Å². The first-order chi connectivity index (χ1) is 7.17. The zero-order valence-electron chi connectivity index (χ0n) is 8.53. The number of nitrogens with one attached hydrogen (secondary N) is 1. The van der Waals surface area contributed by atoms with Crippen LogP contribution in [0.5, 0.6) is 0 Å². The fraction of sp³-hybridized carbons (Fsp3) is 0.250. The summed E-state index contributed by atoms with van der Waals surface area (Å²) in [5, 5.41) is 2.75. The Bertz CT molecular complexity index is 378. The van der Waals surface area contributed by atoms with Crippen molar-refractivity contribution in [3.63, 3.8) is 0 Å². The van der Waals surface area contributed by atoms with E-state index in [0.717, 1.165) is 11.3 Å². The lowest BCUT2D eigenvalue weighted by Gasteiger charge is -2.10. The van der Waals surface area contributed by atoms with Gasteiger partial charge in [0.05, 0.1) is 6.04 Å². The van der Waals surface area contributed by atoms with Crippen LogP contribution in [0.25, 0.3) is 0 Å². The molecule has 0 aliphatic rings. The summed E-state index contributed by atoms with van der Waals surface area (Å²) in [5.74, 6) is 2.37. The van der Waals surface area contributed by atoms with Crippen LogP contribution in [0.2, 0.25) is 0 Å². The standard InChI is InChI=1S/C12H13NOS/c1-3-10(4-2)13-12(14)9-5-7-11(15)8-6-9/h1,5-8,10,15H,4H2,2H3,(H,13,14). The zero-order valence-corrected chi connectivity index (χ0v) is 9.42. The minimum Gasteiger partial charge on any atom is -0.338 e. The molecule has 0 radical (unpaired) electrons. The molecule has 2 nitrogen and oxygen atoms in total. The number of terminal acetylenes is 1. The van der Waals surface area contributed by atoms with Crippen molar-refractivity contribution in [2.45, 2.75) is 24.3 Å². The molecule has 0 aliphatic heterocycles. The molecule has 15 heavy (non-hydrogen) atoms. The Labute approximate surface area is 95.5 Å². The molecule has 1 rings (SSSR count). The number of benzene rings is 1. The van der Waals surface area contributed by atoms with Crippen LogP contribution in [0.1, 0.15) is 23.7 Å². The van der Waals surface area contributed by atoms with Gasteiger partial charge in [0.2, 0.25) is 0 Å². The largest absolute Gasteiger partial charge is 0.338 e. The van der Waals surface area contributed by atoms with Crippen LogP contribution in [0, 0.1) is 12.3 Å². The van der Waals surface area contributed by atoms with Crippen molar-refractivity contribution in [2.75, 3.05) is 0 Å². The van der Waals surface area contributed by atoms with Crippen LogP contribution in [0.4, 0.5) is 0 Å². The summed E-state index contributed by atoms with van der Waals surface area (Å²) < 4.78 is 0. The van der Waals surface area contributed by atoms with Crippen LogP contribution < -0.4 is 5.32 Å². The van der Waals surface area contributed by atoms with Crippen LogP contribution >= 0.6 is 12.6 Å². The van der Waals surface area contributed by atoms with Crippen molar-refractivity contribution in [1.29, 1.82) is 0 Å². The van der Waals surface area contributed by atoms with E-state index in [2.05, 4.69) is 23.9 Å². The van der Waals surface area contributed by atoms with Crippen molar-refractivity contribution < 1.29 is 4.79 Å². The molecule has 1 amide bonds. The lowest BCUT2D eigenvalue weighted by Crippen LogP contribution is -2.33. The highest BCUT2D eigenvalue weighted by molar-refractivity contribution is 7.80. The fourth-order valence-corrected chi connectivity index (χ4v) is 1.27. The van der Waals surface area contributed by atoms with Gasteiger partial charge in [-0.25, -0.2) is 0 Å². The Morgan fingerprint density at radius 3 is 2.60 bits per heavy atom. The third kappa shape index (κ3) is 3.34. The average molecular weight is 219 g/mol. The van der Waals surface area contributed by atoms with Crippen LogP contribution in [0.15, 0.2) is 29.2 Å². The molecule has 0 fully saturated rings. The molecule has 0 bridgehead atoms. The lowest BCUT2D eigenvalue weighted by molar-refractivity contribution is 0.0945. The van der Waals surface area contributed by atoms with Gasteiger partial charge in [-0.15, -0.1) is 19.1 Å². The second-order valence-electron chi connectivity index (χ2n) is 3.15. The molecule has 3 heteroatoms. The van der Waals surface area contributed by atoms with Crippen molar-refractivity contribution in [3.8, 4) is 12.3 Å². The summed E-state index contributed by atoms with van der Waals surface area (Å²) in [4.78, 5) is 12.5. The maximum absolute atomic E-state index is 11.7. The summed E-state index contributed by atoms with van der Waals surface area (Å²) in [6.07, 6.45) is 5.99. The molecule has 0 heterocycles. The molecule has 78 valence electrons. The second kappa shape index (κ2) is 5.47. The maximum atomic E-state index is 11.7. The van der Waals surface area contributed by atoms with Gasteiger partial charge >= 0.3 is 0 Å². The fourth-order valence-electron chi connectivity index (χ4n) is 1.12. The summed E-state index contributed by atoms with van der Waals surface area (Å²) in [5.41, 5.74) is 0.599. The second-order valence-corrected chi connectivity index (χ2v) is 3.66. The number of thiol groups is 1. The van der Waals surface area contributed by atoms with Crippen molar-refractivity contribution in [2.24, 2.45) is 0 Å². The monoisotopic (exact) mass is 219 g/mol. The molecule has 0 saturated heterocycles. The quantitative estimate of drug-likeness (QED) is 0.592. The summed E-state index contributed by atoms with van der Waals surface area (Å²) in [6.45, 7) is 1.93. The van der Waals surface area contributed by atoms with Gasteiger partial charge in [-0.05, 0) is 30.7 Å². The Kier molecular flexibility index (Phi) is 4.26. The maximum Gasteiger partial charge on any atom is 0.252 e. The van der Waals surface area contributed by atoms with Crippen LogP contribution in [0.3, 0.4) is 0 Å². The predicted octanol–water partition coefficient (Wildman–Crippen LogP) is 2.12. The third-order valence-corrected chi connectivity index (χ3v) is 2.34. The summed E-state index contributed by atoms with van der Waals surface area (Å²) >= 11 is 4.14. The summed E-state index contributed by atoms with van der Waals surface area (Å²) in [7, 11) is 0. The minimum absolute atomic E-state index is 0.145. The predicted molar refractivity (Wildman–Crippen MR) is 64.1 cm³/mol. The number of hydrogen-bond acceptors (Lipinski definition) is 2. The Balaban J connectivity index is 2.70. The first-order valence-corrected chi connectivity index (χ1v) is 5.18. The molecule has 0 aromatic heterocycles. The van der Waals surface area contributed by atoms with E-state index in [9.17, 15) is 4.79 Å². The Hall–Kier alpha value is -1.40. The van der Waals surface area contributed by atoms with Crippen molar-refractivity contribution in [3.05, 3.63) is 29.8 Å². The summed E-state index contributed by atoms with van der Waals surface area (Å²) in [6, 6.07) is 6.79. The van der Waals surface area contributed by atoms with Crippen molar-refractivity contribution >= 4 is 18.5 Å².